The molecule has 0 N–H and O–H groups in total. The Morgan fingerprint density at radius 3 is 2.19 bits per heavy atom. The summed E-state index contributed by atoms with van der Waals surface area (Å²) in [5.74, 6) is 1.57. The molecule has 37 heavy (non-hydrogen) atoms. The number of nitrogens with zero attached hydrogens (tertiary/aromatic N) is 5. The second kappa shape index (κ2) is 11.1. The quantitative estimate of drug-likeness (QED) is 0.259. The van der Waals surface area contributed by atoms with Gasteiger partial charge in [-0.05, 0) is 59.2 Å². The van der Waals surface area contributed by atoms with Crippen molar-refractivity contribution in [2.75, 3.05) is 12.1 Å². The molecule has 0 atom stereocenters. The minimum absolute atomic E-state index is 0.520. The maximum atomic E-state index is 9.75. The Kier molecular flexibility index (Phi) is 7.09. The zero-order valence-electron chi connectivity index (χ0n) is 20.4. The first-order valence-electron chi connectivity index (χ1n) is 11.8. The zero-order chi connectivity index (χ0) is 25.5. The average Bonchev–Trinajstić information content (AvgIpc) is 3.50. The van der Waals surface area contributed by atoms with E-state index in [1.54, 1.807) is 19.8 Å². The first kappa shape index (κ1) is 23.6. The lowest BCUT2D eigenvalue weighted by molar-refractivity contribution is 0.306. The first-order chi connectivity index (χ1) is 18.2. The van der Waals surface area contributed by atoms with Crippen molar-refractivity contribution in [3.8, 4) is 28.7 Å². The van der Waals surface area contributed by atoms with E-state index in [4.69, 9.17) is 9.47 Å². The summed E-state index contributed by atoms with van der Waals surface area (Å²) in [4.78, 5) is 0. The predicted octanol–water partition coefficient (Wildman–Crippen LogP) is 5.87. The van der Waals surface area contributed by atoms with E-state index in [0.29, 0.717) is 18.7 Å². The van der Waals surface area contributed by atoms with Crippen LogP contribution in [0.25, 0.3) is 11.1 Å². The summed E-state index contributed by atoms with van der Waals surface area (Å²) in [6, 6.07) is 33.9. The fraction of sp³-hybridized carbons (Fsp3) is 0.100. The lowest BCUT2D eigenvalue weighted by Crippen LogP contribution is -2.27. The van der Waals surface area contributed by atoms with Crippen LogP contribution in [0.2, 0.25) is 0 Å². The maximum Gasteiger partial charge on any atom is 0.139 e. The molecule has 1 aromatic heterocycles. The third-order valence-electron chi connectivity index (χ3n) is 6.01. The number of methoxy groups -OCH3 is 1. The van der Waals surface area contributed by atoms with Crippen LogP contribution in [-0.4, -0.2) is 22.0 Å². The Hall–Kier alpha value is -5.09. The maximum absolute atomic E-state index is 9.75. The Balaban J connectivity index is 1.40. The third-order valence-corrected chi connectivity index (χ3v) is 6.01. The van der Waals surface area contributed by atoms with Gasteiger partial charge in [0.15, 0.2) is 0 Å². The molecule has 0 unspecified atom stereocenters. The molecular weight excluding hydrogens is 462 g/mol. The highest BCUT2D eigenvalue weighted by atomic mass is 16.5. The number of anilines is 1. The Bertz CT molecular complexity index is 1480. The SMILES string of the molecule is COc1ccc(-c2cc(N(Cc3ccc(OCc4ccccc4)cc3)n3cnnc3)ccc2C#N)cc1. The Labute approximate surface area is 215 Å². The topological polar surface area (TPSA) is 76.2 Å². The lowest BCUT2D eigenvalue weighted by Gasteiger charge is -2.26. The van der Waals surface area contributed by atoms with Crippen molar-refractivity contribution in [3.63, 3.8) is 0 Å². The number of hydrogen-bond acceptors (Lipinski definition) is 6. The number of ether oxygens (including phenoxy) is 2. The van der Waals surface area contributed by atoms with E-state index in [2.05, 4.69) is 16.3 Å². The second-order valence-corrected chi connectivity index (χ2v) is 8.39. The molecule has 7 nitrogen and oxygen atoms in total. The standard InChI is InChI=1S/C30H25N5O2/c1-36-28-15-10-25(11-16-28)30-17-27(12-9-26(30)18-31)35(34-21-32-33-22-34)19-23-7-13-29(14-8-23)37-20-24-5-3-2-4-6-24/h2-17,21-22H,19-20H2,1H3. The van der Waals surface area contributed by atoms with Crippen LogP contribution >= 0.6 is 0 Å². The van der Waals surface area contributed by atoms with Gasteiger partial charge in [-0.15, -0.1) is 10.2 Å². The molecular formula is C30H25N5O2. The van der Waals surface area contributed by atoms with Crippen LogP contribution in [0.15, 0.2) is 110 Å². The Morgan fingerprint density at radius 1 is 0.811 bits per heavy atom. The lowest BCUT2D eigenvalue weighted by atomic mass is 9.99. The number of rotatable bonds is 9. The van der Waals surface area contributed by atoms with Crippen LogP contribution in [-0.2, 0) is 13.2 Å². The van der Waals surface area contributed by atoms with Gasteiger partial charge in [0.1, 0.15) is 30.8 Å². The number of hydrogen-bond donors (Lipinski definition) is 0. The highest BCUT2D eigenvalue weighted by Crippen LogP contribution is 2.31. The molecule has 0 aliphatic heterocycles. The van der Waals surface area contributed by atoms with Gasteiger partial charge in [-0.25, -0.2) is 4.68 Å². The highest BCUT2D eigenvalue weighted by Gasteiger charge is 2.14. The molecule has 0 saturated heterocycles. The smallest absolute Gasteiger partial charge is 0.139 e. The van der Waals surface area contributed by atoms with Crippen LogP contribution in [0.4, 0.5) is 5.69 Å². The minimum atomic E-state index is 0.520. The summed E-state index contributed by atoms with van der Waals surface area (Å²) in [7, 11) is 1.63. The molecule has 0 radical (unpaired) electrons. The average molecular weight is 488 g/mol. The molecule has 0 spiro atoms. The van der Waals surface area contributed by atoms with E-state index in [1.165, 1.54) is 0 Å². The van der Waals surface area contributed by atoms with E-state index in [-0.39, 0.29) is 0 Å². The fourth-order valence-corrected chi connectivity index (χ4v) is 4.03. The molecule has 0 bridgehead atoms. The van der Waals surface area contributed by atoms with Crippen LogP contribution in [0, 0.1) is 11.3 Å². The van der Waals surface area contributed by atoms with Gasteiger partial charge in [0.05, 0.1) is 31.0 Å². The summed E-state index contributed by atoms with van der Waals surface area (Å²) in [6.07, 6.45) is 3.31. The van der Waals surface area contributed by atoms with Crippen molar-refractivity contribution in [1.82, 2.24) is 14.9 Å². The monoisotopic (exact) mass is 487 g/mol. The van der Waals surface area contributed by atoms with Crippen molar-refractivity contribution in [2.45, 2.75) is 13.2 Å². The second-order valence-electron chi connectivity index (χ2n) is 8.39. The first-order valence-corrected chi connectivity index (χ1v) is 11.8. The minimum Gasteiger partial charge on any atom is -0.497 e. The van der Waals surface area contributed by atoms with Crippen molar-refractivity contribution < 1.29 is 9.47 Å². The van der Waals surface area contributed by atoms with E-state index in [0.717, 1.165) is 39.4 Å². The summed E-state index contributed by atoms with van der Waals surface area (Å²) < 4.78 is 13.1. The van der Waals surface area contributed by atoms with Crippen molar-refractivity contribution in [3.05, 3.63) is 126 Å². The van der Waals surface area contributed by atoms with Gasteiger partial charge in [0.2, 0.25) is 0 Å². The summed E-state index contributed by atoms with van der Waals surface area (Å²) in [5.41, 5.74) is 5.47. The van der Waals surface area contributed by atoms with Gasteiger partial charge in [-0.2, -0.15) is 5.26 Å². The molecule has 0 fully saturated rings. The molecule has 5 aromatic rings. The van der Waals surface area contributed by atoms with Crippen molar-refractivity contribution in [1.29, 1.82) is 5.26 Å². The van der Waals surface area contributed by atoms with E-state index in [1.807, 2.05) is 107 Å². The van der Waals surface area contributed by atoms with Crippen molar-refractivity contribution in [2.24, 2.45) is 0 Å². The van der Waals surface area contributed by atoms with Crippen LogP contribution in [0.5, 0.6) is 11.5 Å². The van der Waals surface area contributed by atoms with Gasteiger partial charge in [-0.3, -0.25) is 5.01 Å². The number of aromatic nitrogens is 3. The molecule has 0 aliphatic rings. The van der Waals surface area contributed by atoms with Crippen LogP contribution < -0.4 is 14.5 Å². The Morgan fingerprint density at radius 2 is 1.51 bits per heavy atom. The van der Waals surface area contributed by atoms with Gasteiger partial charge in [0.25, 0.3) is 0 Å². The predicted molar refractivity (Wildman–Crippen MR) is 142 cm³/mol. The summed E-state index contributed by atoms with van der Waals surface area (Å²) in [5, 5.41) is 19.8. The summed E-state index contributed by atoms with van der Waals surface area (Å²) >= 11 is 0. The zero-order valence-corrected chi connectivity index (χ0v) is 20.4. The van der Waals surface area contributed by atoms with E-state index >= 15 is 0 Å². The fourth-order valence-electron chi connectivity index (χ4n) is 4.03. The van der Waals surface area contributed by atoms with E-state index in [9.17, 15) is 5.26 Å². The number of benzene rings is 4. The molecule has 0 aliphatic carbocycles. The van der Waals surface area contributed by atoms with E-state index < -0.39 is 0 Å². The van der Waals surface area contributed by atoms with Crippen LogP contribution in [0.1, 0.15) is 16.7 Å². The van der Waals surface area contributed by atoms with Gasteiger partial charge in [-0.1, -0.05) is 54.6 Å². The molecule has 0 saturated carbocycles. The highest BCUT2D eigenvalue weighted by molar-refractivity contribution is 5.75. The van der Waals surface area contributed by atoms with Gasteiger partial charge < -0.3 is 9.47 Å². The van der Waals surface area contributed by atoms with Gasteiger partial charge >= 0.3 is 0 Å². The molecule has 5 rings (SSSR count). The van der Waals surface area contributed by atoms with Crippen molar-refractivity contribution >= 4 is 5.69 Å². The molecule has 7 heteroatoms. The molecule has 182 valence electrons. The normalized spacial score (nSPS) is 10.5. The van der Waals surface area contributed by atoms with Crippen LogP contribution in [0.3, 0.4) is 0 Å². The molecule has 0 amide bonds. The largest absolute Gasteiger partial charge is 0.497 e. The van der Waals surface area contributed by atoms with Gasteiger partial charge in [0, 0.05) is 5.56 Å². The number of nitriles is 1. The molecule has 1 heterocycles. The summed E-state index contributed by atoms with van der Waals surface area (Å²) in [6.45, 7) is 1.08. The molecule has 4 aromatic carbocycles. The third kappa shape index (κ3) is 5.60.